The molecular formula is C17H14FN3O2S. The molecular weight excluding hydrogens is 329 g/mol. The van der Waals surface area contributed by atoms with Crippen LogP contribution in [0.25, 0.3) is 10.6 Å². The van der Waals surface area contributed by atoms with Crippen molar-refractivity contribution in [1.82, 2.24) is 10.2 Å². The van der Waals surface area contributed by atoms with Crippen molar-refractivity contribution in [1.29, 1.82) is 0 Å². The van der Waals surface area contributed by atoms with Gasteiger partial charge in [0.15, 0.2) is 0 Å². The van der Waals surface area contributed by atoms with E-state index in [2.05, 4.69) is 15.5 Å². The minimum Gasteiger partial charge on any atom is -0.493 e. The summed E-state index contributed by atoms with van der Waals surface area (Å²) in [7, 11) is 0. The molecule has 0 spiro atoms. The lowest BCUT2D eigenvalue weighted by molar-refractivity contribution is 0.102. The van der Waals surface area contributed by atoms with Gasteiger partial charge in [0.05, 0.1) is 12.2 Å². The quantitative estimate of drug-likeness (QED) is 0.761. The monoisotopic (exact) mass is 343 g/mol. The third kappa shape index (κ3) is 3.57. The summed E-state index contributed by atoms with van der Waals surface area (Å²) in [5.74, 6) is -0.119. The van der Waals surface area contributed by atoms with Crippen molar-refractivity contribution in [2.24, 2.45) is 0 Å². The molecule has 1 aromatic heterocycles. The smallest absolute Gasteiger partial charge is 0.261 e. The summed E-state index contributed by atoms with van der Waals surface area (Å²) in [6, 6.07) is 12.9. The number of carbonyl (C=O) groups is 1. The molecule has 5 nitrogen and oxygen atoms in total. The van der Waals surface area contributed by atoms with Crippen LogP contribution in [0.2, 0.25) is 0 Å². The van der Waals surface area contributed by atoms with Crippen molar-refractivity contribution in [3.05, 3.63) is 59.9 Å². The fourth-order valence-corrected chi connectivity index (χ4v) is 2.83. The van der Waals surface area contributed by atoms with Gasteiger partial charge in [0.1, 0.15) is 16.6 Å². The van der Waals surface area contributed by atoms with E-state index in [1.807, 2.05) is 6.92 Å². The van der Waals surface area contributed by atoms with Gasteiger partial charge in [-0.3, -0.25) is 10.1 Å². The molecule has 1 amide bonds. The Hall–Kier alpha value is -2.80. The van der Waals surface area contributed by atoms with Gasteiger partial charge < -0.3 is 4.74 Å². The zero-order valence-electron chi connectivity index (χ0n) is 12.8. The topological polar surface area (TPSA) is 64.1 Å². The molecule has 2 aromatic carbocycles. The summed E-state index contributed by atoms with van der Waals surface area (Å²) >= 11 is 1.22. The second-order valence-electron chi connectivity index (χ2n) is 4.80. The largest absolute Gasteiger partial charge is 0.493 e. The minimum atomic E-state index is -0.319. The molecule has 7 heteroatoms. The predicted octanol–water partition coefficient (Wildman–Crippen LogP) is 4.00. The van der Waals surface area contributed by atoms with Crippen LogP contribution in [-0.2, 0) is 0 Å². The van der Waals surface area contributed by atoms with Crippen LogP contribution in [-0.4, -0.2) is 22.7 Å². The van der Waals surface area contributed by atoms with E-state index in [0.717, 1.165) is 5.56 Å². The van der Waals surface area contributed by atoms with Crippen LogP contribution in [0.5, 0.6) is 5.75 Å². The summed E-state index contributed by atoms with van der Waals surface area (Å²) in [5, 5.41) is 11.7. The molecule has 0 unspecified atom stereocenters. The Morgan fingerprint density at radius 3 is 2.67 bits per heavy atom. The molecule has 24 heavy (non-hydrogen) atoms. The number of hydrogen-bond donors (Lipinski definition) is 1. The van der Waals surface area contributed by atoms with Crippen LogP contribution in [0.3, 0.4) is 0 Å². The number of nitrogens with zero attached hydrogens (tertiary/aromatic N) is 2. The summed E-state index contributed by atoms with van der Waals surface area (Å²) in [6.45, 7) is 2.33. The standard InChI is InChI=1S/C17H14FN3O2S/c1-2-23-14-6-4-3-5-13(14)15(22)19-17-21-20-16(24-17)11-7-9-12(18)10-8-11/h3-10H,2H2,1H3,(H,19,21,22). The van der Waals surface area contributed by atoms with Crippen molar-refractivity contribution in [2.75, 3.05) is 11.9 Å². The van der Waals surface area contributed by atoms with Gasteiger partial charge in [-0.05, 0) is 43.3 Å². The molecule has 0 radical (unpaired) electrons. The first-order valence-corrected chi connectivity index (χ1v) is 8.11. The second kappa shape index (κ2) is 7.18. The number of amides is 1. The van der Waals surface area contributed by atoms with Gasteiger partial charge in [0.25, 0.3) is 5.91 Å². The van der Waals surface area contributed by atoms with E-state index >= 15 is 0 Å². The number of halogens is 1. The Labute approximate surface area is 142 Å². The maximum atomic E-state index is 13.0. The van der Waals surface area contributed by atoms with Crippen molar-refractivity contribution >= 4 is 22.4 Å². The highest BCUT2D eigenvalue weighted by atomic mass is 32.1. The van der Waals surface area contributed by atoms with E-state index in [9.17, 15) is 9.18 Å². The Kier molecular flexibility index (Phi) is 4.81. The highest BCUT2D eigenvalue weighted by molar-refractivity contribution is 7.18. The molecule has 0 aliphatic carbocycles. The SMILES string of the molecule is CCOc1ccccc1C(=O)Nc1nnc(-c2ccc(F)cc2)s1. The van der Waals surface area contributed by atoms with E-state index in [1.54, 1.807) is 36.4 Å². The number of benzene rings is 2. The third-order valence-electron chi connectivity index (χ3n) is 3.17. The van der Waals surface area contributed by atoms with Gasteiger partial charge in [-0.15, -0.1) is 10.2 Å². The maximum Gasteiger partial charge on any atom is 0.261 e. The highest BCUT2D eigenvalue weighted by Crippen LogP contribution is 2.27. The molecule has 0 atom stereocenters. The van der Waals surface area contributed by atoms with Crippen LogP contribution in [0, 0.1) is 5.82 Å². The number of carbonyl (C=O) groups excluding carboxylic acids is 1. The lowest BCUT2D eigenvalue weighted by atomic mass is 10.2. The lowest BCUT2D eigenvalue weighted by Crippen LogP contribution is -2.13. The Bertz CT molecular complexity index is 849. The number of hydrogen-bond acceptors (Lipinski definition) is 5. The molecule has 0 aliphatic rings. The van der Waals surface area contributed by atoms with Crippen molar-refractivity contribution in [3.63, 3.8) is 0 Å². The van der Waals surface area contributed by atoms with Gasteiger partial charge in [0, 0.05) is 5.56 Å². The number of para-hydroxylation sites is 1. The zero-order chi connectivity index (χ0) is 16.9. The molecule has 0 aliphatic heterocycles. The maximum absolute atomic E-state index is 13.0. The zero-order valence-corrected chi connectivity index (χ0v) is 13.6. The normalized spacial score (nSPS) is 10.4. The first-order chi connectivity index (χ1) is 11.7. The molecule has 0 saturated heterocycles. The lowest BCUT2D eigenvalue weighted by Gasteiger charge is -2.08. The van der Waals surface area contributed by atoms with Gasteiger partial charge in [-0.25, -0.2) is 4.39 Å². The molecule has 122 valence electrons. The molecule has 3 rings (SSSR count). The first-order valence-electron chi connectivity index (χ1n) is 7.30. The van der Waals surface area contributed by atoms with Gasteiger partial charge in [0.2, 0.25) is 5.13 Å². The molecule has 0 bridgehead atoms. The van der Waals surface area contributed by atoms with Crippen molar-refractivity contribution in [2.45, 2.75) is 6.92 Å². The Balaban J connectivity index is 1.77. The van der Waals surface area contributed by atoms with E-state index in [4.69, 9.17) is 4.74 Å². The molecule has 1 heterocycles. The fourth-order valence-electron chi connectivity index (χ4n) is 2.08. The number of nitrogens with one attached hydrogen (secondary N) is 1. The summed E-state index contributed by atoms with van der Waals surface area (Å²) in [6.07, 6.45) is 0. The average Bonchev–Trinajstić information content (AvgIpc) is 3.05. The number of aromatic nitrogens is 2. The fraction of sp³-hybridized carbons (Fsp3) is 0.118. The molecule has 0 saturated carbocycles. The average molecular weight is 343 g/mol. The van der Waals surface area contributed by atoms with Gasteiger partial charge in [-0.2, -0.15) is 0 Å². The van der Waals surface area contributed by atoms with Gasteiger partial charge >= 0.3 is 0 Å². The number of rotatable bonds is 5. The van der Waals surface area contributed by atoms with Crippen LogP contribution < -0.4 is 10.1 Å². The first kappa shape index (κ1) is 16.1. The highest BCUT2D eigenvalue weighted by Gasteiger charge is 2.15. The Morgan fingerprint density at radius 1 is 1.17 bits per heavy atom. The van der Waals surface area contributed by atoms with Crippen molar-refractivity contribution < 1.29 is 13.9 Å². The van der Waals surface area contributed by atoms with Crippen LogP contribution >= 0.6 is 11.3 Å². The predicted molar refractivity (Wildman–Crippen MR) is 90.9 cm³/mol. The number of ether oxygens (including phenoxy) is 1. The summed E-state index contributed by atoms with van der Waals surface area (Å²) < 4.78 is 18.4. The Morgan fingerprint density at radius 2 is 1.92 bits per heavy atom. The van der Waals surface area contributed by atoms with Gasteiger partial charge in [-0.1, -0.05) is 23.5 Å². The van der Waals surface area contributed by atoms with Crippen molar-refractivity contribution in [3.8, 4) is 16.3 Å². The summed E-state index contributed by atoms with van der Waals surface area (Å²) in [4.78, 5) is 12.4. The van der Waals surface area contributed by atoms with E-state index in [0.29, 0.717) is 28.1 Å². The molecule has 3 aromatic rings. The van der Waals surface area contributed by atoms with E-state index < -0.39 is 0 Å². The minimum absolute atomic E-state index is 0.315. The summed E-state index contributed by atoms with van der Waals surface area (Å²) in [5.41, 5.74) is 1.17. The van der Waals surface area contributed by atoms with Crippen LogP contribution in [0.4, 0.5) is 9.52 Å². The molecule has 0 fully saturated rings. The van der Waals surface area contributed by atoms with E-state index in [1.165, 1.54) is 23.5 Å². The number of anilines is 1. The molecule has 1 N–H and O–H groups in total. The second-order valence-corrected chi connectivity index (χ2v) is 5.78. The van der Waals surface area contributed by atoms with E-state index in [-0.39, 0.29) is 11.7 Å². The van der Waals surface area contributed by atoms with Crippen LogP contribution in [0.1, 0.15) is 17.3 Å². The third-order valence-corrected chi connectivity index (χ3v) is 4.06. The van der Waals surface area contributed by atoms with Crippen LogP contribution in [0.15, 0.2) is 48.5 Å².